The molecular weight excluding hydrogens is 2250 g/mol. The van der Waals surface area contributed by atoms with Crippen molar-refractivity contribution in [2.75, 3.05) is 59.7 Å². The van der Waals surface area contributed by atoms with Crippen LogP contribution in [0.5, 0.6) is 0 Å². The molecule has 3 atom stereocenters. The zero-order valence-electron chi connectivity index (χ0n) is 52.1. The van der Waals surface area contributed by atoms with Crippen LogP contribution in [-0.2, 0) is 180 Å². The first kappa shape index (κ1) is 122. The van der Waals surface area contributed by atoms with E-state index in [9.17, 15) is 0 Å². The average Bonchev–Trinajstić information content (AvgIpc) is 3.10. The van der Waals surface area contributed by atoms with E-state index in [1.807, 2.05) is 52.8 Å². The molecular formula is C49H121Au6Cl2N2P6S6+3. The van der Waals surface area contributed by atoms with Gasteiger partial charge in [-0.15, -0.1) is 27.7 Å². The molecule has 0 fully saturated rings. The van der Waals surface area contributed by atoms with Crippen molar-refractivity contribution in [3.05, 3.63) is 0 Å². The van der Waals surface area contributed by atoms with Crippen LogP contribution in [0.25, 0.3) is 0 Å². The van der Waals surface area contributed by atoms with Crippen molar-refractivity contribution in [2.24, 2.45) is 0 Å². The van der Waals surface area contributed by atoms with Crippen LogP contribution >= 0.6 is 94.3 Å². The van der Waals surface area contributed by atoms with E-state index < -0.39 is 23.8 Å². The quantitative estimate of drug-likeness (QED) is 0.115. The van der Waals surface area contributed by atoms with Crippen LogP contribution in [0.3, 0.4) is 0 Å². The van der Waals surface area contributed by atoms with E-state index in [0.29, 0.717) is 55.0 Å². The Hall–Kier alpha value is 8.52. The maximum atomic E-state index is 4.76. The van der Waals surface area contributed by atoms with Gasteiger partial charge in [0.2, 0.25) is 0 Å². The van der Waals surface area contributed by atoms with Crippen LogP contribution in [0.15, 0.2) is 0 Å². The minimum atomic E-state index is -0.391. The maximum absolute atomic E-state index is 4.76. The zero-order chi connectivity index (χ0) is 59.0. The molecule has 0 heterocycles. The van der Waals surface area contributed by atoms with Gasteiger partial charge in [-0.05, 0) is 201 Å². The minimum absolute atomic E-state index is 0. The number of hydrogen-bond acceptors (Lipinski definition) is 6. The van der Waals surface area contributed by atoms with Crippen LogP contribution in [0.4, 0.5) is 0 Å². The summed E-state index contributed by atoms with van der Waals surface area (Å²) in [6.45, 7) is 76.5. The van der Waals surface area contributed by atoms with Crippen LogP contribution in [0, 0.1) is 0 Å². The molecule has 3 unspecified atom stereocenters. The molecule has 0 aromatic carbocycles. The Kier molecular flexibility index (Phi) is 110. The van der Waals surface area contributed by atoms with Gasteiger partial charge < -0.3 is 84.8 Å². The first-order valence-corrected chi connectivity index (χ1v) is 39.3. The van der Waals surface area contributed by atoms with Gasteiger partial charge in [0.15, 0.2) is 0 Å². The van der Waals surface area contributed by atoms with Gasteiger partial charge >= 0.3 is 148 Å². The standard InChI is InChI=1S/3C12H27P.C5H11NS2.C3H7NS2.3CH5P.2CH4S.6Au.2ClH/c3*1-10(2,3)13(11(4,5)6)12(7,8)9;1-3-6(4-2)5(7)8;1-4(2)3(5)6;5*1-2;;;;;;;;/h3*1-9H3;3-4H2,1-2H3,(H,7,8);1-2H3,(H,5,6);3*2H2,1H3;2*2H,1H3;;;;;;;2*1H/q;;;;;;;;;;6*+1;;/p-3. The monoisotopic (exact) mass is 2370 g/mol. The third-order valence-corrected chi connectivity index (χ3v) is 22.9. The SMILES string of the molecule is CC(C)(C)[PH+](C(C)(C)C)C(C)(C)C.CC(C)(C)[PH+](C(C)(C)C)C(C)(C)C.CC(C)(C)[PH+](C(C)(C)C)C(C)(C)C.CCN(CC)C(=S)[S-].CN(C)C(=S)[S-].CP.CP.CP.C[S-].C[S-].[Au+].[Au+].[Au+].[Au+].[Cl][Au].[Cl][Au]. The normalized spacial score (nSPS) is 10.6. The summed E-state index contributed by atoms with van der Waals surface area (Å²) >= 11 is 30.3. The Morgan fingerprint density at radius 1 is 0.366 bits per heavy atom. The third-order valence-electron chi connectivity index (χ3n) is 8.14. The number of thiocarbonyl (C=S) groups is 2. The zero-order valence-corrected chi connectivity index (χ0v) is 77.9. The first-order chi connectivity index (χ1) is 29.5. The average molecular weight is 2370 g/mol. The number of halogens is 2. The predicted molar refractivity (Wildman–Crippen MR) is 364 cm³/mol. The number of hydrogen-bond donors (Lipinski definition) is 0. The van der Waals surface area contributed by atoms with E-state index in [1.54, 1.807) is 57.4 Å². The summed E-state index contributed by atoms with van der Waals surface area (Å²) in [6, 6.07) is 0. The summed E-state index contributed by atoms with van der Waals surface area (Å²) in [7, 11) is 18.9. The van der Waals surface area contributed by atoms with E-state index in [-0.39, 0.29) is 89.5 Å². The Morgan fingerprint density at radius 3 is 0.451 bits per heavy atom. The summed E-state index contributed by atoms with van der Waals surface area (Å²) in [4.78, 5) is 3.68. The topological polar surface area (TPSA) is 6.48 Å². The molecule has 0 saturated carbocycles. The third kappa shape index (κ3) is 82.8. The summed E-state index contributed by atoms with van der Waals surface area (Å²) in [5, 5.41) is 4.39. The van der Waals surface area contributed by atoms with Crippen molar-refractivity contribution in [1.82, 2.24) is 9.80 Å². The molecule has 0 rings (SSSR count). The molecule has 470 valence electrons. The molecule has 0 aromatic rings. The Morgan fingerprint density at radius 2 is 0.451 bits per heavy atom. The van der Waals surface area contributed by atoms with Crippen LogP contribution < -0.4 is 0 Å². The van der Waals surface area contributed by atoms with E-state index in [2.05, 4.69) is 283 Å². The molecule has 22 heteroatoms. The summed E-state index contributed by atoms with van der Waals surface area (Å²) in [5.74, 6) is 0. The van der Waals surface area contributed by atoms with Gasteiger partial charge in [0, 0.05) is 50.9 Å². The molecule has 71 heavy (non-hydrogen) atoms. The number of nitrogens with zero attached hydrogens (tertiary/aromatic N) is 2. The van der Waals surface area contributed by atoms with Crippen LogP contribution in [0.1, 0.15) is 201 Å². The molecule has 0 N–H and O–H groups in total. The molecule has 0 aliphatic heterocycles. The van der Waals surface area contributed by atoms with Gasteiger partial charge in [-0.3, -0.25) is 0 Å². The first-order valence-electron chi connectivity index (χ1n) is 22.7. The van der Waals surface area contributed by atoms with Crippen molar-refractivity contribution in [3.63, 3.8) is 0 Å². The molecule has 0 radical (unpaired) electrons. The fourth-order valence-corrected chi connectivity index (χ4v) is 31.4. The van der Waals surface area contributed by atoms with Gasteiger partial charge in [0.1, 0.15) is 0 Å². The Balaban J connectivity index is -0.0000000358. The summed E-state index contributed by atoms with van der Waals surface area (Å²) < 4.78 is 1.09. The second-order valence-corrected chi connectivity index (χ2v) is 41.8. The van der Waals surface area contributed by atoms with E-state index in [1.165, 1.54) is 0 Å². The molecule has 0 amide bonds. The van der Waals surface area contributed by atoms with Crippen molar-refractivity contribution >= 4 is 153 Å². The Bertz CT molecular complexity index is 870. The fourth-order valence-electron chi connectivity index (χ4n) is 10.6. The molecule has 0 aliphatic carbocycles. The molecule has 0 spiro atoms. The van der Waals surface area contributed by atoms with Gasteiger partial charge in [-0.25, -0.2) is 0 Å². The Labute approximate surface area is 591 Å². The van der Waals surface area contributed by atoms with E-state index in [0.717, 1.165) is 13.1 Å². The molecule has 0 saturated heterocycles. The number of rotatable bonds is 2. The molecule has 0 aliphatic rings. The van der Waals surface area contributed by atoms with Gasteiger partial charge in [-0.1, -0.05) is 28.6 Å². The van der Waals surface area contributed by atoms with E-state index >= 15 is 0 Å². The van der Waals surface area contributed by atoms with E-state index in [4.69, 9.17) is 24.8 Å². The van der Waals surface area contributed by atoms with Gasteiger partial charge in [-0.2, -0.15) is 12.5 Å². The van der Waals surface area contributed by atoms with Crippen molar-refractivity contribution in [2.45, 2.75) is 247 Å². The van der Waals surface area contributed by atoms with Gasteiger partial charge in [0.25, 0.3) is 0 Å². The van der Waals surface area contributed by atoms with Crippen molar-refractivity contribution in [3.8, 4) is 0 Å². The molecule has 0 bridgehead atoms. The second kappa shape index (κ2) is 64.5. The van der Waals surface area contributed by atoms with Crippen LogP contribution in [0.2, 0.25) is 0 Å². The summed E-state index contributed by atoms with van der Waals surface area (Å²) in [5.41, 5.74) is 0. The van der Waals surface area contributed by atoms with Crippen LogP contribution in [-0.4, -0.2) is 125 Å². The van der Waals surface area contributed by atoms with Gasteiger partial charge in [0.05, 0.1) is 46.4 Å². The molecule has 2 nitrogen and oxygen atoms in total. The van der Waals surface area contributed by atoms with Crippen molar-refractivity contribution < 1.29 is 129 Å². The summed E-state index contributed by atoms with van der Waals surface area (Å²) in [6.07, 6.45) is 3.17. The molecule has 0 aromatic heterocycles. The fraction of sp³-hybridized carbons (Fsp3) is 0.959. The second-order valence-electron chi connectivity index (χ2n) is 24.0. The van der Waals surface area contributed by atoms with Crippen molar-refractivity contribution in [1.29, 1.82) is 0 Å². The predicted octanol–water partition coefficient (Wildman–Crippen LogP) is 18.5.